The Bertz CT molecular complexity index is 528. The summed E-state index contributed by atoms with van der Waals surface area (Å²) < 4.78 is 52.9. The number of nitro groups is 1. The predicted octanol–water partition coefficient (Wildman–Crippen LogP) is 2.37. The molecular weight excluding hydrogens is 278 g/mol. The quantitative estimate of drug-likeness (QED) is 0.520. The zero-order valence-corrected chi connectivity index (χ0v) is 8.90. The molecule has 0 aromatic heterocycles. The van der Waals surface area contributed by atoms with Gasteiger partial charge in [-0.3, -0.25) is 10.1 Å². The van der Waals surface area contributed by atoms with Crippen LogP contribution < -0.4 is 4.74 Å². The highest BCUT2D eigenvalue weighted by Gasteiger charge is 2.30. The maximum Gasteiger partial charge on any atom is 0.422 e. The Kier molecular flexibility index (Phi) is 3.92. The Hall–Kier alpha value is -2.39. The van der Waals surface area contributed by atoms with Gasteiger partial charge >= 0.3 is 12.1 Å². The fourth-order valence-corrected chi connectivity index (χ4v) is 1.14. The van der Waals surface area contributed by atoms with E-state index in [1.54, 1.807) is 0 Å². The maximum atomic E-state index is 13.2. The summed E-state index contributed by atoms with van der Waals surface area (Å²) in [6.07, 6.45) is -4.75. The highest BCUT2D eigenvalue weighted by atomic mass is 19.4. The highest BCUT2D eigenvalue weighted by Crippen LogP contribution is 2.29. The number of aromatic carboxylic acids is 1. The standard InChI is InChI=1S/C9H5F4NO5/c10-5-2-6(14(17)18)4(8(15)16)1-7(5)19-3-9(11,12)13/h1-2H,3H2,(H,15,16). The van der Waals surface area contributed by atoms with Crippen molar-refractivity contribution in [3.8, 4) is 5.75 Å². The fraction of sp³-hybridized carbons (Fsp3) is 0.222. The van der Waals surface area contributed by atoms with Gasteiger partial charge in [0, 0.05) is 6.07 Å². The molecular formula is C9H5F4NO5. The summed E-state index contributed by atoms with van der Waals surface area (Å²) in [4.78, 5) is 20.0. The molecule has 0 heterocycles. The van der Waals surface area contributed by atoms with E-state index in [9.17, 15) is 32.5 Å². The molecule has 6 nitrogen and oxygen atoms in total. The molecule has 1 aromatic rings. The maximum absolute atomic E-state index is 13.2. The summed E-state index contributed by atoms with van der Waals surface area (Å²) in [5.41, 5.74) is -2.05. The second-order valence-electron chi connectivity index (χ2n) is 3.27. The number of carboxylic acid groups (broad SMARTS) is 1. The van der Waals surface area contributed by atoms with Crippen LogP contribution in [-0.2, 0) is 0 Å². The fourth-order valence-electron chi connectivity index (χ4n) is 1.14. The van der Waals surface area contributed by atoms with Gasteiger partial charge in [-0.2, -0.15) is 13.2 Å². The molecule has 1 aromatic carbocycles. The van der Waals surface area contributed by atoms with Crippen LogP contribution in [0.1, 0.15) is 10.4 Å². The van der Waals surface area contributed by atoms with Crippen molar-refractivity contribution < 1.29 is 37.1 Å². The summed E-state index contributed by atoms with van der Waals surface area (Å²) in [6, 6.07) is 0.525. The molecule has 19 heavy (non-hydrogen) atoms. The number of halogens is 4. The number of nitro benzene ring substituents is 1. The van der Waals surface area contributed by atoms with E-state index in [0.717, 1.165) is 0 Å². The predicted molar refractivity (Wildman–Crippen MR) is 51.6 cm³/mol. The number of ether oxygens (including phenoxy) is 1. The zero-order valence-electron chi connectivity index (χ0n) is 8.90. The van der Waals surface area contributed by atoms with Gasteiger partial charge in [-0.25, -0.2) is 9.18 Å². The third-order valence-corrected chi connectivity index (χ3v) is 1.87. The Morgan fingerprint density at radius 2 is 2.00 bits per heavy atom. The molecule has 0 fully saturated rings. The molecule has 0 unspecified atom stereocenters. The van der Waals surface area contributed by atoms with E-state index < -0.39 is 46.5 Å². The Labute approximate surface area is 102 Å². The van der Waals surface area contributed by atoms with Crippen LogP contribution in [-0.4, -0.2) is 28.8 Å². The molecule has 0 spiro atoms. The molecule has 0 atom stereocenters. The van der Waals surface area contributed by atoms with Gasteiger partial charge in [0.15, 0.2) is 18.2 Å². The lowest BCUT2D eigenvalue weighted by atomic mass is 10.1. The monoisotopic (exact) mass is 283 g/mol. The van der Waals surface area contributed by atoms with Crippen LogP contribution in [0.2, 0.25) is 0 Å². The number of benzene rings is 1. The van der Waals surface area contributed by atoms with Crippen LogP contribution in [0.4, 0.5) is 23.2 Å². The Morgan fingerprint density at radius 1 is 1.42 bits per heavy atom. The Balaban J connectivity index is 3.18. The zero-order chi connectivity index (χ0) is 14.8. The minimum absolute atomic E-state index is 0.190. The molecule has 0 bridgehead atoms. The first-order chi connectivity index (χ1) is 8.61. The van der Waals surface area contributed by atoms with Crippen LogP contribution in [0.25, 0.3) is 0 Å². The third kappa shape index (κ3) is 3.79. The van der Waals surface area contributed by atoms with Crippen LogP contribution >= 0.6 is 0 Å². The second kappa shape index (κ2) is 5.08. The van der Waals surface area contributed by atoms with Gasteiger partial charge in [0.1, 0.15) is 5.56 Å². The number of hydrogen-bond donors (Lipinski definition) is 1. The minimum atomic E-state index is -4.75. The first-order valence-electron chi connectivity index (χ1n) is 4.52. The number of nitrogens with zero attached hydrogens (tertiary/aromatic N) is 1. The molecule has 0 aliphatic carbocycles. The van der Waals surface area contributed by atoms with Crippen molar-refractivity contribution in [3.05, 3.63) is 33.6 Å². The van der Waals surface area contributed by atoms with Crippen molar-refractivity contribution in [2.75, 3.05) is 6.61 Å². The summed E-state index contributed by atoms with van der Waals surface area (Å²) in [5.74, 6) is -4.27. The number of carboxylic acids is 1. The molecule has 1 rings (SSSR count). The molecule has 0 aliphatic heterocycles. The molecule has 0 saturated carbocycles. The van der Waals surface area contributed by atoms with Gasteiger partial charge in [0.25, 0.3) is 5.69 Å². The van der Waals surface area contributed by atoms with E-state index in [-0.39, 0.29) is 6.07 Å². The van der Waals surface area contributed by atoms with Gasteiger partial charge in [-0.05, 0) is 0 Å². The van der Waals surface area contributed by atoms with E-state index in [2.05, 4.69) is 4.74 Å². The number of alkyl halides is 3. The summed E-state index contributed by atoms with van der Waals surface area (Å²) >= 11 is 0. The van der Waals surface area contributed by atoms with E-state index in [4.69, 9.17) is 5.11 Å². The number of hydrogen-bond acceptors (Lipinski definition) is 4. The minimum Gasteiger partial charge on any atom is -0.481 e. The lowest BCUT2D eigenvalue weighted by molar-refractivity contribution is -0.385. The van der Waals surface area contributed by atoms with Gasteiger partial charge in [0.05, 0.1) is 11.0 Å². The molecule has 0 radical (unpaired) electrons. The summed E-state index contributed by atoms with van der Waals surface area (Å²) in [6.45, 7) is -1.85. The second-order valence-corrected chi connectivity index (χ2v) is 3.27. The normalized spacial score (nSPS) is 11.2. The molecule has 10 heteroatoms. The van der Waals surface area contributed by atoms with Crippen LogP contribution in [0.3, 0.4) is 0 Å². The van der Waals surface area contributed by atoms with Crippen molar-refractivity contribution in [1.82, 2.24) is 0 Å². The van der Waals surface area contributed by atoms with Crippen LogP contribution in [0, 0.1) is 15.9 Å². The third-order valence-electron chi connectivity index (χ3n) is 1.87. The molecule has 104 valence electrons. The number of carbonyl (C=O) groups is 1. The highest BCUT2D eigenvalue weighted by molar-refractivity contribution is 5.92. The molecule has 0 aliphatic rings. The van der Waals surface area contributed by atoms with Gasteiger partial charge in [0.2, 0.25) is 0 Å². The van der Waals surface area contributed by atoms with Crippen molar-refractivity contribution in [1.29, 1.82) is 0 Å². The van der Waals surface area contributed by atoms with Crippen molar-refractivity contribution in [2.45, 2.75) is 6.18 Å². The lowest BCUT2D eigenvalue weighted by Gasteiger charge is -2.10. The lowest BCUT2D eigenvalue weighted by Crippen LogP contribution is -2.20. The van der Waals surface area contributed by atoms with Crippen molar-refractivity contribution >= 4 is 11.7 Å². The van der Waals surface area contributed by atoms with Crippen LogP contribution in [0.5, 0.6) is 5.75 Å². The average Bonchev–Trinajstić information content (AvgIpc) is 2.25. The smallest absolute Gasteiger partial charge is 0.422 e. The number of rotatable bonds is 4. The van der Waals surface area contributed by atoms with Crippen molar-refractivity contribution in [2.24, 2.45) is 0 Å². The van der Waals surface area contributed by atoms with Gasteiger partial charge in [-0.15, -0.1) is 0 Å². The summed E-state index contributed by atoms with van der Waals surface area (Å²) in [5, 5.41) is 19.1. The Morgan fingerprint density at radius 3 is 2.42 bits per heavy atom. The van der Waals surface area contributed by atoms with E-state index in [1.165, 1.54) is 0 Å². The molecule has 0 amide bonds. The van der Waals surface area contributed by atoms with E-state index in [1.807, 2.05) is 0 Å². The van der Waals surface area contributed by atoms with E-state index >= 15 is 0 Å². The topological polar surface area (TPSA) is 89.7 Å². The SMILES string of the molecule is O=C(O)c1cc(OCC(F)(F)F)c(F)cc1[N+](=O)[O-]. The molecule has 0 saturated heterocycles. The largest absolute Gasteiger partial charge is 0.481 e. The van der Waals surface area contributed by atoms with Crippen LogP contribution in [0.15, 0.2) is 12.1 Å². The van der Waals surface area contributed by atoms with E-state index in [0.29, 0.717) is 6.07 Å². The molecule has 1 N–H and O–H groups in total. The van der Waals surface area contributed by atoms with Gasteiger partial charge in [-0.1, -0.05) is 0 Å². The van der Waals surface area contributed by atoms with Crippen molar-refractivity contribution in [3.63, 3.8) is 0 Å². The average molecular weight is 283 g/mol. The summed E-state index contributed by atoms with van der Waals surface area (Å²) in [7, 11) is 0. The van der Waals surface area contributed by atoms with Gasteiger partial charge < -0.3 is 9.84 Å². The first kappa shape index (κ1) is 14.7. The first-order valence-corrected chi connectivity index (χ1v) is 4.52.